The van der Waals surface area contributed by atoms with Crippen molar-refractivity contribution in [1.82, 2.24) is 9.62 Å². The smallest absolute Gasteiger partial charge is 0.214 e. The highest BCUT2D eigenvalue weighted by Gasteiger charge is 2.36. The average molecular weight is 290 g/mol. The van der Waals surface area contributed by atoms with Crippen LogP contribution < -0.4 is 5.32 Å². The van der Waals surface area contributed by atoms with Gasteiger partial charge in [-0.15, -0.1) is 0 Å². The second kappa shape index (κ2) is 6.08. The van der Waals surface area contributed by atoms with Crippen molar-refractivity contribution >= 4 is 10.0 Å². The molecular formula is C13H26N2O3S. The van der Waals surface area contributed by atoms with Crippen molar-refractivity contribution in [3.05, 3.63) is 0 Å². The van der Waals surface area contributed by atoms with Crippen LogP contribution in [-0.4, -0.2) is 56.9 Å². The zero-order chi connectivity index (χ0) is 13.9. The monoisotopic (exact) mass is 290 g/mol. The molecule has 0 radical (unpaired) electrons. The van der Waals surface area contributed by atoms with Gasteiger partial charge in [-0.1, -0.05) is 0 Å². The number of sulfonamides is 1. The highest BCUT2D eigenvalue weighted by molar-refractivity contribution is 7.89. The highest BCUT2D eigenvalue weighted by Crippen LogP contribution is 2.26. The van der Waals surface area contributed by atoms with E-state index in [1.807, 2.05) is 6.92 Å². The van der Waals surface area contributed by atoms with Gasteiger partial charge >= 0.3 is 0 Å². The molecule has 1 saturated heterocycles. The summed E-state index contributed by atoms with van der Waals surface area (Å²) in [5, 5.41) is 3.35. The number of hydrogen-bond donors (Lipinski definition) is 1. The van der Waals surface area contributed by atoms with Gasteiger partial charge in [-0.25, -0.2) is 8.42 Å². The van der Waals surface area contributed by atoms with E-state index in [4.69, 9.17) is 4.74 Å². The fraction of sp³-hybridized carbons (Fsp3) is 1.00. The van der Waals surface area contributed by atoms with Crippen LogP contribution in [0.4, 0.5) is 0 Å². The maximum absolute atomic E-state index is 12.3. The van der Waals surface area contributed by atoms with Crippen molar-refractivity contribution in [3.8, 4) is 0 Å². The molecule has 2 fully saturated rings. The van der Waals surface area contributed by atoms with Gasteiger partial charge in [0.1, 0.15) is 0 Å². The number of rotatable bonds is 7. The topological polar surface area (TPSA) is 58.6 Å². The van der Waals surface area contributed by atoms with E-state index in [2.05, 4.69) is 5.32 Å². The van der Waals surface area contributed by atoms with Crippen molar-refractivity contribution in [3.63, 3.8) is 0 Å². The quantitative estimate of drug-likeness (QED) is 0.710. The second-order valence-electron chi connectivity index (χ2n) is 5.99. The molecule has 1 aliphatic heterocycles. The number of hydrogen-bond acceptors (Lipinski definition) is 4. The second-order valence-corrected chi connectivity index (χ2v) is 8.08. The van der Waals surface area contributed by atoms with E-state index in [0.29, 0.717) is 25.6 Å². The Morgan fingerprint density at radius 2 is 2.16 bits per heavy atom. The predicted octanol–water partition coefficient (Wildman–Crippen LogP) is 0.959. The van der Waals surface area contributed by atoms with E-state index < -0.39 is 10.0 Å². The molecular weight excluding hydrogens is 264 g/mol. The Morgan fingerprint density at radius 1 is 1.42 bits per heavy atom. The molecule has 1 saturated carbocycles. The van der Waals surface area contributed by atoms with Gasteiger partial charge in [-0.2, -0.15) is 4.31 Å². The minimum Gasteiger partial charge on any atom is -0.377 e. The minimum absolute atomic E-state index is 0.243. The molecule has 0 aromatic carbocycles. The Kier molecular flexibility index (Phi) is 4.87. The van der Waals surface area contributed by atoms with Crippen LogP contribution in [0.5, 0.6) is 0 Å². The molecule has 0 aromatic rings. The number of nitrogens with zero attached hydrogens (tertiary/aromatic N) is 1. The summed E-state index contributed by atoms with van der Waals surface area (Å²) in [5.74, 6) is 0.243. The largest absolute Gasteiger partial charge is 0.377 e. The minimum atomic E-state index is -3.13. The Hall–Kier alpha value is -0.170. The molecule has 0 spiro atoms. The molecule has 1 heterocycles. The van der Waals surface area contributed by atoms with E-state index in [0.717, 1.165) is 19.4 Å². The lowest BCUT2D eigenvalue weighted by Crippen LogP contribution is -2.50. The first-order valence-corrected chi connectivity index (χ1v) is 8.82. The zero-order valence-corrected chi connectivity index (χ0v) is 12.8. The lowest BCUT2D eigenvalue weighted by molar-refractivity contribution is -0.0319. The Balaban J connectivity index is 1.80. The first-order valence-electron chi connectivity index (χ1n) is 7.22. The summed E-state index contributed by atoms with van der Waals surface area (Å²) in [4.78, 5) is 0. The van der Waals surface area contributed by atoms with E-state index in [-0.39, 0.29) is 11.4 Å². The van der Waals surface area contributed by atoms with Crippen molar-refractivity contribution in [1.29, 1.82) is 0 Å². The van der Waals surface area contributed by atoms with Crippen LogP contribution in [0.3, 0.4) is 0 Å². The van der Waals surface area contributed by atoms with Gasteiger partial charge in [-0.05, 0) is 45.6 Å². The summed E-state index contributed by atoms with van der Waals surface area (Å²) in [6.45, 7) is 3.92. The van der Waals surface area contributed by atoms with Crippen LogP contribution in [0.2, 0.25) is 0 Å². The van der Waals surface area contributed by atoms with Crippen LogP contribution >= 0.6 is 0 Å². The van der Waals surface area contributed by atoms with Crippen molar-refractivity contribution in [2.75, 3.05) is 32.5 Å². The molecule has 0 aromatic heterocycles. The summed E-state index contributed by atoms with van der Waals surface area (Å²) in [5.41, 5.74) is -0.322. The summed E-state index contributed by atoms with van der Waals surface area (Å²) < 4.78 is 31.6. The maximum atomic E-state index is 12.3. The SMILES string of the molecule is COC1(C)CCCN(S(=O)(=O)CCCNC2CC2)C1. The summed E-state index contributed by atoms with van der Waals surface area (Å²) >= 11 is 0. The molecule has 0 bridgehead atoms. The first-order chi connectivity index (χ1) is 8.95. The predicted molar refractivity (Wildman–Crippen MR) is 75.6 cm³/mol. The van der Waals surface area contributed by atoms with Gasteiger partial charge < -0.3 is 10.1 Å². The highest BCUT2D eigenvalue weighted by atomic mass is 32.2. The number of nitrogens with one attached hydrogen (secondary N) is 1. The molecule has 2 aliphatic rings. The van der Waals surface area contributed by atoms with Gasteiger partial charge in [0.15, 0.2) is 0 Å². The lowest BCUT2D eigenvalue weighted by atomic mass is 9.96. The number of piperidine rings is 1. The third-order valence-electron chi connectivity index (χ3n) is 4.10. The zero-order valence-electron chi connectivity index (χ0n) is 12.0. The van der Waals surface area contributed by atoms with Crippen LogP contribution in [-0.2, 0) is 14.8 Å². The van der Waals surface area contributed by atoms with Crippen LogP contribution in [0.25, 0.3) is 0 Å². The number of ether oxygens (including phenoxy) is 1. The van der Waals surface area contributed by atoms with E-state index in [1.165, 1.54) is 12.8 Å². The van der Waals surface area contributed by atoms with Gasteiger partial charge in [0, 0.05) is 26.2 Å². The standard InChI is InChI=1S/C13H26N2O3S/c1-13(18-2)7-3-9-15(11-13)19(16,17)10-4-8-14-12-5-6-12/h12,14H,3-11H2,1-2H3. The third-order valence-corrected chi connectivity index (χ3v) is 6.00. The molecule has 19 heavy (non-hydrogen) atoms. The van der Waals surface area contributed by atoms with Crippen LogP contribution in [0.1, 0.15) is 39.0 Å². The van der Waals surface area contributed by atoms with Gasteiger partial charge in [0.05, 0.1) is 11.4 Å². The van der Waals surface area contributed by atoms with Crippen molar-refractivity contribution in [2.45, 2.75) is 50.7 Å². The van der Waals surface area contributed by atoms with Crippen LogP contribution in [0.15, 0.2) is 0 Å². The summed E-state index contributed by atoms with van der Waals surface area (Å²) in [7, 11) is -1.47. The molecule has 1 unspecified atom stereocenters. The van der Waals surface area contributed by atoms with E-state index in [9.17, 15) is 8.42 Å². The Labute approximate surface area is 116 Å². The number of methoxy groups -OCH3 is 1. The van der Waals surface area contributed by atoms with Crippen LogP contribution in [0, 0.1) is 0 Å². The molecule has 5 nitrogen and oxygen atoms in total. The molecule has 2 rings (SSSR count). The normalized spacial score (nSPS) is 29.6. The van der Waals surface area contributed by atoms with Gasteiger partial charge in [0.2, 0.25) is 10.0 Å². The van der Waals surface area contributed by atoms with E-state index in [1.54, 1.807) is 11.4 Å². The van der Waals surface area contributed by atoms with Gasteiger partial charge in [-0.3, -0.25) is 0 Å². The molecule has 1 N–H and O–H groups in total. The molecule has 1 atom stereocenters. The first kappa shape index (κ1) is 15.2. The summed E-state index contributed by atoms with van der Waals surface area (Å²) in [6, 6.07) is 0.648. The fourth-order valence-corrected chi connectivity index (χ4v) is 4.19. The van der Waals surface area contributed by atoms with Crippen molar-refractivity contribution < 1.29 is 13.2 Å². The Morgan fingerprint density at radius 3 is 2.79 bits per heavy atom. The average Bonchev–Trinajstić information content (AvgIpc) is 3.19. The maximum Gasteiger partial charge on any atom is 0.214 e. The molecule has 6 heteroatoms. The van der Waals surface area contributed by atoms with Gasteiger partial charge in [0.25, 0.3) is 0 Å². The summed E-state index contributed by atoms with van der Waals surface area (Å²) in [6.07, 6.45) is 4.98. The molecule has 0 amide bonds. The molecule has 1 aliphatic carbocycles. The molecule has 112 valence electrons. The third kappa shape index (κ3) is 4.41. The lowest BCUT2D eigenvalue weighted by Gasteiger charge is -2.38. The van der Waals surface area contributed by atoms with Crippen molar-refractivity contribution in [2.24, 2.45) is 0 Å². The fourth-order valence-electron chi connectivity index (χ4n) is 2.54. The van der Waals surface area contributed by atoms with E-state index >= 15 is 0 Å². The Bertz CT molecular complexity index is 395.